The number of hydrogen-bond acceptors (Lipinski definition) is 4. The second-order valence-corrected chi connectivity index (χ2v) is 4.86. The summed E-state index contributed by atoms with van der Waals surface area (Å²) in [5.74, 6) is 1.01. The molecule has 17 heavy (non-hydrogen) atoms. The number of nitrogens with one attached hydrogen (secondary N) is 1. The molecule has 0 radical (unpaired) electrons. The van der Waals surface area contributed by atoms with Crippen molar-refractivity contribution < 1.29 is 4.79 Å². The van der Waals surface area contributed by atoms with Crippen molar-refractivity contribution in [1.29, 1.82) is 0 Å². The molecule has 0 aliphatic carbocycles. The van der Waals surface area contributed by atoms with Crippen LogP contribution in [0.1, 0.15) is 45.0 Å². The second-order valence-electron chi connectivity index (χ2n) is 4.86. The van der Waals surface area contributed by atoms with Crippen LogP contribution in [-0.2, 0) is 11.2 Å². The van der Waals surface area contributed by atoms with Crippen molar-refractivity contribution in [2.45, 2.75) is 51.6 Å². The lowest BCUT2D eigenvalue weighted by atomic mass is 9.99. The summed E-state index contributed by atoms with van der Waals surface area (Å²) in [4.78, 5) is 16.3. The van der Waals surface area contributed by atoms with Crippen molar-refractivity contribution in [3.05, 3.63) is 12.2 Å². The highest BCUT2D eigenvalue weighted by atomic mass is 16.1. The van der Waals surface area contributed by atoms with Gasteiger partial charge in [-0.3, -0.25) is 4.79 Å². The van der Waals surface area contributed by atoms with Gasteiger partial charge in [0.05, 0.1) is 12.5 Å². The summed E-state index contributed by atoms with van der Waals surface area (Å²) in [6.07, 6.45) is 5.17. The van der Waals surface area contributed by atoms with Crippen molar-refractivity contribution in [1.82, 2.24) is 20.1 Å². The van der Waals surface area contributed by atoms with E-state index in [9.17, 15) is 4.79 Å². The van der Waals surface area contributed by atoms with E-state index in [1.165, 1.54) is 12.7 Å². The van der Waals surface area contributed by atoms with Crippen LogP contribution in [0.25, 0.3) is 0 Å². The number of nitrogens with zero attached hydrogens (tertiary/aromatic N) is 3. The lowest BCUT2D eigenvalue weighted by Gasteiger charge is -2.22. The molecule has 0 bridgehead atoms. The Morgan fingerprint density at radius 1 is 1.59 bits per heavy atom. The average molecular weight is 236 g/mol. The fourth-order valence-corrected chi connectivity index (χ4v) is 2.24. The maximum absolute atomic E-state index is 12.1. The Labute approximate surface area is 102 Å². The predicted molar refractivity (Wildman–Crippen MR) is 64.8 cm³/mol. The second kappa shape index (κ2) is 5.40. The summed E-state index contributed by atoms with van der Waals surface area (Å²) in [7, 11) is 0. The van der Waals surface area contributed by atoms with Crippen molar-refractivity contribution in [3.8, 4) is 0 Å². The van der Waals surface area contributed by atoms with Crippen molar-refractivity contribution in [3.63, 3.8) is 0 Å². The third-order valence-electron chi connectivity index (χ3n) is 3.17. The van der Waals surface area contributed by atoms with Gasteiger partial charge in [0.15, 0.2) is 5.78 Å². The molecule has 1 fully saturated rings. The van der Waals surface area contributed by atoms with E-state index in [4.69, 9.17) is 0 Å². The van der Waals surface area contributed by atoms with E-state index < -0.39 is 0 Å². The van der Waals surface area contributed by atoms with Crippen LogP contribution in [0.4, 0.5) is 0 Å². The summed E-state index contributed by atoms with van der Waals surface area (Å²) in [6.45, 7) is 5.04. The predicted octanol–water partition coefficient (Wildman–Crippen LogP) is 1.11. The SMILES string of the molecule is CC(C)n1ncnc1CC(=O)C1CCCCN1. The Hall–Kier alpha value is -1.23. The first kappa shape index (κ1) is 12.2. The van der Waals surface area contributed by atoms with E-state index in [-0.39, 0.29) is 17.9 Å². The molecule has 0 aromatic carbocycles. The monoisotopic (exact) mass is 236 g/mol. The highest BCUT2D eigenvalue weighted by Crippen LogP contribution is 2.11. The standard InChI is InChI=1S/C12H20N4O/c1-9(2)16-12(14-8-15-16)7-11(17)10-5-3-4-6-13-10/h8-10,13H,3-7H2,1-2H3. The highest BCUT2D eigenvalue weighted by molar-refractivity contribution is 5.85. The average Bonchev–Trinajstić information content (AvgIpc) is 2.78. The van der Waals surface area contributed by atoms with Crippen molar-refractivity contribution in [2.24, 2.45) is 0 Å². The van der Waals surface area contributed by atoms with Gasteiger partial charge in [-0.1, -0.05) is 6.42 Å². The van der Waals surface area contributed by atoms with Gasteiger partial charge in [-0.25, -0.2) is 9.67 Å². The first-order valence-corrected chi connectivity index (χ1v) is 6.33. The maximum Gasteiger partial charge on any atom is 0.157 e. The molecule has 0 spiro atoms. The van der Waals surface area contributed by atoms with Crippen LogP contribution in [0.2, 0.25) is 0 Å². The third kappa shape index (κ3) is 2.91. The van der Waals surface area contributed by atoms with Crippen LogP contribution in [0, 0.1) is 0 Å². The molecule has 2 heterocycles. The van der Waals surface area contributed by atoms with Crippen LogP contribution in [0.15, 0.2) is 6.33 Å². The number of piperidine rings is 1. The van der Waals surface area contributed by atoms with Gasteiger partial charge in [-0.2, -0.15) is 5.10 Å². The molecule has 1 atom stereocenters. The lowest BCUT2D eigenvalue weighted by Crippen LogP contribution is -2.41. The first-order valence-electron chi connectivity index (χ1n) is 6.33. The van der Waals surface area contributed by atoms with Crippen LogP contribution in [0.5, 0.6) is 0 Å². The zero-order valence-electron chi connectivity index (χ0n) is 10.5. The fourth-order valence-electron chi connectivity index (χ4n) is 2.24. The molecular weight excluding hydrogens is 216 g/mol. The molecule has 1 saturated heterocycles. The highest BCUT2D eigenvalue weighted by Gasteiger charge is 2.22. The Morgan fingerprint density at radius 2 is 2.41 bits per heavy atom. The van der Waals surface area contributed by atoms with E-state index in [0.29, 0.717) is 6.42 Å². The molecule has 1 aromatic rings. The topological polar surface area (TPSA) is 59.8 Å². The number of hydrogen-bond donors (Lipinski definition) is 1. The van der Waals surface area contributed by atoms with Crippen LogP contribution in [0.3, 0.4) is 0 Å². The molecule has 0 saturated carbocycles. The molecule has 1 unspecified atom stereocenters. The van der Waals surface area contributed by atoms with E-state index in [0.717, 1.165) is 25.2 Å². The number of rotatable bonds is 4. The molecule has 5 heteroatoms. The van der Waals surface area contributed by atoms with Gasteiger partial charge in [0.1, 0.15) is 12.2 Å². The largest absolute Gasteiger partial charge is 0.307 e. The minimum Gasteiger partial charge on any atom is -0.307 e. The Bertz CT molecular complexity index is 380. The van der Waals surface area contributed by atoms with E-state index in [2.05, 4.69) is 15.4 Å². The van der Waals surface area contributed by atoms with Gasteiger partial charge in [0.25, 0.3) is 0 Å². The number of aromatic nitrogens is 3. The zero-order chi connectivity index (χ0) is 12.3. The zero-order valence-corrected chi connectivity index (χ0v) is 10.5. The first-order chi connectivity index (χ1) is 8.18. The molecule has 5 nitrogen and oxygen atoms in total. The molecular formula is C12H20N4O. The van der Waals surface area contributed by atoms with Gasteiger partial charge in [-0.15, -0.1) is 0 Å². The quantitative estimate of drug-likeness (QED) is 0.851. The number of carbonyl (C=O) groups is 1. The van der Waals surface area contributed by atoms with Gasteiger partial charge < -0.3 is 5.32 Å². The molecule has 1 N–H and O–H groups in total. The normalized spacial score (nSPS) is 20.8. The van der Waals surface area contributed by atoms with Crippen molar-refractivity contribution >= 4 is 5.78 Å². The summed E-state index contributed by atoms with van der Waals surface area (Å²) >= 11 is 0. The molecule has 2 rings (SSSR count). The van der Waals surface area contributed by atoms with Gasteiger partial charge in [0.2, 0.25) is 0 Å². The number of ketones is 1. The molecule has 1 aliphatic heterocycles. The third-order valence-corrected chi connectivity index (χ3v) is 3.17. The van der Waals surface area contributed by atoms with Gasteiger partial charge in [-0.05, 0) is 33.2 Å². The van der Waals surface area contributed by atoms with E-state index in [1.807, 2.05) is 18.5 Å². The minimum absolute atomic E-state index is 0.0149. The van der Waals surface area contributed by atoms with Crippen LogP contribution < -0.4 is 5.32 Å². The van der Waals surface area contributed by atoms with Crippen molar-refractivity contribution in [2.75, 3.05) is 6.54 Å². The van der Waals surface area contributed by atoms with Gasteiger partial charge >= 0.3 is 0 Å². The smallest absolute Gasteiger partial charge is 0.157 e. The Balaban J connectivity index is 1.99. The molecule has 94 valence electrons. The Kier molecular flexibility index (Phi) is 3.89. The number of carbonyl (C=O) groups excluding carboxylic acids is 1. The minimum atomic E-state index is 0.0149. The summed E-state index contributed by atoms with van der Waals surface area (Å²) < 4.78 is 1.82. The van der Waals surface area contributed by atoms with Crippen LogP contribution >= 0.6 is 0 Å². The molecule has 1 aromatic heterocycles. The Morgan fingerprint density at radius 3 is 3.06 bits per heavy atom. The molecule has 1 aliphatic rings. The lowest BCUT2D eigenvalue weighted by molar-refractivity contribution is -0.121. The summed E-state index contributed by atoms with van der Waals surface area (Å²) in [5, 5.41) is 7.42. The summed E-state index contributed by atoms with van der Waals surface area (Å²) in [6, 6.07) is 0.265. The number of Topliss-reactive ketones (excluding diaryl/α,β-unsaturated/α-hetero) is 1. The molecule has 0 amide bonds. The van der Waals surface area contributed by atoms with Crippen LogP contribution in [-0.4, -0.2) is 33.1 Å². The van der Waals surface area contributed by atoms with E-state index >= 15 is 0 Å². The fraction of sp³-hybridized carbons (Fsp3) is 0.750. The summed E-state index contributed by atoms with van der Waals surface area (Å²) in [5.41, 5.74) is 0. The van der Waals surface area contributed by atoms with Gasteiger partial charge in [0, 0.05) is 6.04 Å². The van der Waals surface area contributed by atoms with E-state index in [1.54, 1.807) is 0 Å². The maximum atomic E-state index is 12.1.